The molecule has 0 saturated carbocycles. The van der Waals surface area contributed by atoms with Gasteiger partial charge in [-0.3, -0.25) is 0 Å². The smallest absolute Gasteiger partial charge is 0.132 e. The van der Waals surface area contributed by atoms with E-state index in [4.69, 9.17) is 0 Å². The number of anilines is 1. The lowest BCUT2D eigenvalue weighted by molar-refractivity contribution is 0.123. The minimum absolute atomic E-state index is 0.0443. The first-order valence-corrected chi connectivity index (χ1v) is 8.21. The largest absolute Gasteiger partial charge is 0.387 e. The summed E-state index contributed by atoms with van der Waals surface area (Å²) in [4.78, 5) is 12.2. The van der Waals surface area contributed by atoms with Gasteiger partial charge in [-0.2, -0.15) is 0 Å². The van der Waals surface area contributed by atoms with Gasteiger partial charge in [0.2, 0.25) is 0 Å². The fraction of sp³-hybridized carbons (Fsp3) is 0.444. The summed E-state index contributed by atoms with van der Waals surface area (Å²) in [5, 5.41) is 10.3. The van der Waals surface area contributed by atoms with Crippen LogP contribution in [0.2, 0.25) is 0 Å². The van der Waals surface area contributed by atoms with Gasteiger partial charge in [0.15, 0.2) is 0 Å². The van der Waals surface area contributed by atoms with E-state index in [9.17, 15) is 9.50 Å². The highest BCUT2D eigenvalue weighted by Crippen LogP contribution is 2.26. The highest BCUT2D eigenvalue weighted by molar-refractivity contribution is 5.40. The number of aliphatic hydroxyl groups excluding tert-OH is 1. The minimum Gasteiger partial charge on any atom is -0.387 e. The molecular weight excluding hydrogens is 307 g/mol. The van der Waals surface area contributed by atoms with Crippen LogP contribution in [0.25, 0.3) is 0 Å². The van der Waals surface area contributed by atoms with Gasteiger partial charge in [-0.25, -0.2) is 14.4 Å². The second-order valence-electron chi connectivity index (χ2n) is 6.35. The molecule has 1 unspecified atom stereocenters. The maximum Gasteiger partial charge on any atom is 0.132 e. The Morgan fingerprint density at radius 1 is 1.33 bits per heavy atom. The van der Waals surface area contributed by atoms with Crippen molar-refractivity contribution in [1.82, 2.24) is 14.9 Å². The molecule has 3 rings (SSSR count). The third-order valence-corrected chi connectivity index (χ3v) is 4.42. The van der Waals surface area contributed by atoms with Gasteiger partial charge in [-0.1, -0.05) is 30.3 Å². The molecule has 1 aliphatic heterocycles. The molecular formula is C18H23FN4O. The van der Waals surface area contributed by atoms with Crippen molar-refractivity contribution in [1.29, 1.82) is 0 Å². The molecule has 1 N–H and O–H groups in total. The van der Waals surface area contributed by atoms with E-state index in [0.29, 0.717) is 26.1 Å². The van der Waals surface area contributed by atoms with Gasteiger partial charge in [-0.15, -0.1) is 0 Å². The zero-order valence-corrected chi connectivity index (χ0v) is 13.8. The monoisotopic (exact) mass is 330 g/mol. The van der Waals surface area contributed by atoms with Gasteiger partial charge in [0.05, 0.1) is 12.6 Å². The van der Waals surface area contributed by atoms with E-state index in [2.05, 4.69) is 14.9 Å². The fourth-order valence-corrected chi connectivity index (χ4v) is 3.28. The SMILES string of the molecule is CN(CC(O)c1ccccc1)C[C@@H]1C[C@H](F)CN1c1ccncn1. The number of rotatable bonds is 6. The van der Waals surface area contributed by atoms with Crippen LogP contribution in [0.3, 0.4) is 0 Å². The van der Waals surface area contributed by atoms with Crippen LogP contribution in [0.4, 0.5) is 10.2 Å². The molecule has 1 aromatic carbocycles. The van der Waals surface area contributed by atoms with E-state index < -0.39 is 12.3 Å². The van der Waals surface area contributed by atoms with Crippen molar-refractivity contribution in [3.05, 3.63) is 54.5 Å². The summed E-state index contributed by atoms with van der Waals surface area (Å²) in [6.07, 6.45) is 2.24. The summed E-state index contributed by atoms with van der Waals surface area (Å²) in [6.45, 7) is 1.54. The van der Waals surface area contributed by atoms with Crippen molar-refractivity contribution in [2.45, 2.75) is 24.7 Å². The molecule has 6 heteroatoms. The fourth-order valence-electron chi connectivity index (χ4n) is 3.28. The highest BCUT2D eigenvalue weighted by atomic mass is 19.1. The van der Waals surface area contributed by atoms with E-state index >= 15 is 0 Å². The standard InChI is InChI=1S/C18H23FN4O/c1-22(12-17(24)14-5-3-2-4-6-14)11-16-9-15(19)10-23(16)18-7-8-20-13-21-18/h2-8,13,15-17,24H,9-12H2,1H3/t15-,16-,17?/m0/s1. The summed E-state index contributed by atoms with van der Waals surface area (Å²) in [5.74, 6) is 0.757. The summed E-state index contributed by atoms with van der Waals surface area (Å²) in [6, 6.07) is 11.4. The molecule has 1 aromatic heterocycles. The number of halogens is 1. The van der Waals surface area contributed by atoms with Crippen molar-refractivity contribution >= 4 is 5.82 Å². The Morgan fingerprint density at radius 3 is 2.83 bits per heavy atom. The average Bonchev–Trinajstić information content (AvgIpc) is 2.96. The van der Waals surface area contributed by atoms with E-state index in [1.807, 2.05) is 48.3 Å². The van der Waals surface area contributed by atoms with Crippen LogP contribution in [-0.2, 0) is 0 Å². The summed E-state index contributed by atoms with van der Waals surface area (Å²) in [7, 11) is 1.95. The van der Waals surface area contributed by atoms with Crippen molar-refractivity contribution in [3.63, 3.8) is 0 Å². The number of hydrogen-bond donors (Lipinski definition) is 1. The third kappa shape index (κ3) is 4.07. The predicted octanol–water partition coefficient (Wildman–Crippen LogP) is 2.06. The van der Waals surface area contributed by atoms with Gasteiger partial charge >= 0.3 is 0 Å². The number of nitrogens with zero attached hydrogens (tertiary/aromatic N) is 4. The Kier molecular flexibility index (Phi) is 5.37. The van der Waals surface area contributed by atoms with E-state index in [1.54, 1.807) is 6.20 Å². The van der Waals surface area contributed by atoms with Gasteiger partial charge in [0.1, 0.15) is 18.3 Å². The Labute approximate surface area is 141 Å². The Hall–Kier alpha value is -2.05. The molecule has 1 aliphatic rings. The number of hydrogen-bond acceptors (Lipinski definition) is 5. The molecule has 1 saturated heterocycles. The van der Waals surface area contributed by atoms with Gasteiger partial charge < -0.3 is 14.9 Å². The lowest BCUT2D eigenvalue weighted by atomic mass is 10.1. The van der Waals surface area contributed by atoms with Gasteiger partial charge in [-0.05, 0) is 18.7 Å². The summed E-state index contributed by atoms with van der Waals surface area (Å²) < 4.78 is 13.9. The molecule has 0 spiro atoms. The minimum atomic E-state index is -0.850. The molecule has 2 aromatic rings. The number of aliphatic hydroxyl groups is 1. The first kappa shape index (κ1) is 16.8. The molecule has 5 nitrogen and oxygen atoms in total. The van der Waals surface area contributed by atoms with Gasteiger partial charge in [0, 0.05) is 31.7 Å². The predicted molar refractivity (Wildman–Crippen MR) is 91.6 cm³/mol. The molecule has 24 heavy (non-hydrogen) atoms. The van der Waals surface area contributed by atoms with E-state index in [1.165, 1.54) is 6.33 Å². The molecule has 1 fully saturated rings. The van der Waals surface area contributed by atoms with E-state index in [-0.39, 0.29) is 6.04 Å². The van der Waals surface area contributed by atoms with Crippen LogP contribution in [0.5, 0.6) is 0 Å². The third-order valence-electron chi connectivity index (χ3n) is 4.42. The maximum atomic E-state index is 13.9. The molecule has 0 radical (unpaired) electrons. The number of alkyl halides is 1. The normalized spacial score (nSPS) is 22.1. The van der Waals surface area contributed by atoms with Crippen LogP contribution in [0, 0.1) is 0 Å². The quantitative estimate of drug-likeness (QED) is 0.879. The summed E-state index contributed by atoms with van der Waals surface area (Å²) in [5.41, 5.74) is 0.895. The number of benzene rings is 1. The van der Waals surface area contributed by atoms with Crippen LogP contribution in [-0.4, -0.2) is 58.9 Å². The first-order valence-electron chi connectivity index (χ1n) is 8.21. The zero-order chi connectivity index (χ0) is 16.9. The molecule has 0 aliphatic carbocycles. The Balaban J connectivity index is 1.61. The van der Waals surface area contributed by atoms with Crippen molar-refractivity contribution < 1.29 is 9.50 Å². The average molecular weight is 330 g/mol. The molecule has 0 bridgehead atoms. The highest BCUT2D eigenvalue weighted by Gasteiger charge is 2.33. The van der Waals surface area contributed by atoms with E-state index in [0.717, 1.165) is 11.4 Å². The second kappa shape index (κ2) is 7.68. The zero-order valence-electron chi connectivity index (χ0n) is 13.8. The van der Waals surface area contributed by atoms with Crippen LogP contribution in [0.1, 0.15) is 18.1 Å². The summed E-state index contributed by atoms with van der Waals surface area (Å²) >= 11 is 0. The number of aromatic nitrogens is 2. The van der Waals surface area contributed by atoms with Crippen LogP contribution in [0.15, 0.2) is 48.9 Å². The molecule has 3 atom stereocenters. The van der Waals surface area contributed by atoms with Crippen LogP contribution < -0.4 is 4.90 Å². The van der Waals surface area contributed by atoms with Crippen molar-refractivity contribution in [2.75, 3.05) is 31.6 Å². The first-order chi connectivity index (χ1) is 11.6. The molecule has 128 valence electrons. The van der Waals surface area contributed by atoms with Gasteiger partial charge in [0.25, 0.3) is 0 Å². The second-order valence-corrected chi connectivity index (χ2v) is 6.35. The number of likely N-dealkylation sites (N-methyl/N-ethyl adjacent to an activating group) is 1. The topological polar surface area (TPSA) is 52.5 Å². The Bertz CT molecular complexity index is 627. The maximum absolute atomic E-state index is 13.9. The lowest BCUT2D eigenvalue weighted by Crippen LogP contribution is -2.40. The Morgan fingerprint density at radius 2 is 2.12 bits per heavy atom. The van der Waals surface area contributed by atoms with Crippen molar-refractivity contribution in [3.8, 4) is 0 Å². The molecule has 2 heterocycles. The van der Waals surface area contributed by atoms with Crippen molar-refractivity contribution in [2.24, 2.45) is 0 Å². The lowest BCUT2D eigenvalue weighted by Gasteiger charge is -2.30. The van der Waals surface area contributed by atoms with Crippen LogP contribution >= 0.6 is 0 Å². The molecule has 0 amide bonds.